The molecule has 0 atom stereocenters. The highest BCUT2D eigenvalue weighted by molar-refractivity contribution is 5.35. The molecule has 0 radical (unpaired) electrons. The van der Waals surface area contributed by atoms with Gasteiger partial charge in [0.15, 0.2) is 0 Å². The van der Waals surface area contributed by atoms with Crippen molar-refractivity contribution in [1.29, 1.82) is 0 Å². The fourth-order valence-corrected chi connectivity index (χ4v) is 1.41. The Morgan fingerprint density at radius 3 is 2.29 bits per heavy atom. The summed E-state index contributed by atoms with van der Waals surface area (Å²) in [6.45, 7) is -1.65. The molecule has 0 unspecified atom stereocenters. The van der Waals surface area contributed by atoms with Gasteiger partial charge in [-0.05, 0) is 11.6 Å². The van der Waals surface area contributed by atoms with Gasteiger partial charge >= 0.3 is 6.18 Å². The van der Waals surface area contributed by atoms with Crippen molar-refractivity contribution in [2.45, 2.75) is 25.8 Å². The topological polar surface area (TPSA) is 59.1 Å². The number of halogens is 5. The molecule has 1 aromatic rings. The molecule has 8 heteroatoms. The minimum Gasteiger partial charge on any atom is -0.392 e. The molecule has 1 heterocycles. The van der Waals surface area contributed by atoms with E-state index < -0.39 is 48.3 Å². The van der Waals surface area contributed by atoms with Crippen LogP contribution in [0.5, 0.6) is 0 Å². The van der Waals surface area contributed by atoms with Gasteiger partial charge in [-0.25, -0.2) is 13.8 Å². The predicted molar refractivity (Wildman–Crippen MR) is 48.0 cm³/mol. The summed E-state index contributed by atoms with van der Waals surface area (Å²) in [7, 11) is 0. The largest absolute Gasteiger partial charge is 0.418 e. The van der Waals surface area contributed by atoms with Crippen LogP contribution in [0.25, 0.3) is 0 Å². The fourth-order valence-electron chi connectivity index (χ4n) is 1.41. The lowest BCUT2D eigenvalue weighted by molar-refractivity contribution is -0.139. The highest BCUT2D eigenvalue weighted by Crippen LogP contribution is 2.35. The molecule has 0 aliphatic carbocycles. The first-order valence-corrected chi connectivity index (χ1v) is 4.50. The van der Waals surface area contributed by atoms with E-state index in [0.717, 1.165) is 0 Å². The quantitative estimate of drug-likeness (QED) is 0.813. The van der Waals surface area contributed by atoms with Crippen molar-refractivity contribution in [3.63, 3.8) is 0 Å². The van der Waals surface area contributed by atoms with E-state index in [1.54, 1.807) is 0 Å². The van der Waals surface area contributed by atoms with Gasteiger partial charge in [0.05, 0.1) is 17.9 Å². The minimum atomic E-state index is -4.79. The van der Waals surface area contributed by atoms with Crippen LogP contribution in [-0.4, -0.2) is 10.1 Å². The van der Waals surface area contributed by atoms with E-state index >= 15 is 0 Å². The van der Waals surface area contributed by atoms with E-state index in [0.29, 0.717) is 6.07 Å². The Labute approximate surface area is 93.1 Å². The second kappa shape index (κ2) is 4.92. The van der Waals surface area contributed by atoms with E-state index in [9.17, 15) is 22.0 Å². The molecule has 17 heavy (non-hydrogen) atoms. The van der Waals surface area contributed by atoms with Gasteiger partial charge in [0.25, 0.3) is 6.43 Å². The number of nitrogens with zero attached hydrogens (tertiary/aromatic N) is 1. The second-order valence-corrected chi connectivity index (χ2v) is 3.19. The number of alkyl halides is 5. The Morgan fingerprint density at radius 1 is 1.35 bits per heavy atom. The summed E-state index contributed by atoms with van der Waals surface area (Å²) in [6, 6.07) is 0.534. The molecule has 0 fully saturated rings. The summed E-state index contributed by atoms with van der Waals surface area (Å²) in [4.78, 5) is 3.16. The third-order valence-corrected chi connectivity index (χ3v) is 2.07. The molecule has 3 nitrogen and oxygen atoms in total. The Hall–Kier alpha value is -1.28. The lowest BCUT2D eigenvalue weighted by Crippen LogP contribution is -2.18. The molecule has 0 bridgehead atoms. The number of aliphatic hydroxyl groups is 1. The van der Waals surface area contributed by atoms with Crippen LogP contribution in [0.15, 0.2) is 6.07 Å². The fraction of sp³-hybridized carbons (Fsp3) is 0.444. The summed E-state index contributed by atoms with van der Waals surface area (Å²) >= 11 is 0. The molecule has 0 spiro atoms. The molecule has 0 amide bonds. The van der Waals surface area contributed by atoms with Crippen LogP contribution < -0.4 is 5.73 Å². The summed E-state index contributed by atoms with van der Waals surface area (Å²) in [5.74, 6) is 0. The van der Waals surface area contributed by atoms with Gasteiger partial charge in [0.1, 0.15) is 5.69 Å². The maximum absolute atomic E-state index is 12.6. The molecule has 1 aromatic heterocycles. The lowest BCUT2D eigenvalue weighted by Gasteiger charge is -2.16. The van der Waals surface area contributed by atoms with Gasteiger partial charge in [0, 0.05) is 6.54 Å². The van der Waals surface area contributed by atoms with Crippen LogP contribution in [-0.2, 0) is 19.3 Å². The van der Waals surface area contributed by atoms with Crippen molar-refractivity contribution in [2.24, 2.45) is 5.73 Å². The number of rotatable bonds is 3. The summed E-state index contributed by atoms with van der Waals surface area (Å²) < 4.78 is 62.6. The lowest BCUT2D eigenvalue weighted by atomic mass is 10.0. The van der Waals surface area contributed by atoms with Crippen molar-refractivity contribution in [3.05, 3.63) is 28.6 Å². The number of pyridine rings is 1. The Kier molecular flexibility index (Phi) is 3.99. The smallest absolute Gasteiger partial charge is 0.392 e. The van der Waals surface area contributed by atoms with Gasteiger partial charge in [-0.1, -0.05) is 0 Å². The van der Waals surface area contributed by atoms with Crippen LogP contribution in [0.3, 0.4) is 0 Å². The van der Waals surface area contributed by atoms with Crippen LogP contribution in [0.4, 0.5) is 22.0 Å². The average molecular weight is 256 g/mol. The normalized spacial score (nSPS) is 12.2. The number of hydrogen-bond acceptors (Lipinski definition) is 3. The van der Waals surface area contributed by atoms with Crippen LogP contribution >= 0.6 is 0 Å². The standard InChI is InChI=1S/C9H9F5N2O/c10-8(11)5-1-4(3-17)7(9(12,13)14)6(2-15)16-5/h1,8,17H,2-3,15H2. The van der Waals surface area contributed by atoms with E-state index in [-0.39, 0.29) is 0 Å². The molecule has 0 saturated heterocycles. The maximum atomic E-state index is 12.6. The third-order valence-electron chi connectivity index (χ3n) is 2.07. The third kappa shape index (κ3) is 2.89. The highest BCUT2D eigenvalue weighted by atomic mass is 19.4. The first-order valence-electron chi connectivity index (χ1n) is 4.50. The summed E-state index contributed by atoms with van der Waals surface area (Å²) in [6.07, 6.45) is -7.81. The molecular weight excluding hydrogens is 247 g/mol. The number of hydrogen-bond donors (Lipinski definition) is 2. The van der Waals surface area contributed by atoms with Crippen molar-refractivity contribution in [3.8, 4) is 0 Å². The van der Waals surface area contributed by atoms with Gasteiger partial charge < -0.3 is 10.8 Å². The minimum absolute atomic E-state index is 0.534. The van der Waals surface area contributed by atoms with Crippen LogP contribution in [0.1, 0.15) is 28.9 Å². The van der Waals surface area contributed by atoms with Gasteiger partial charge in [0.2, 0.25) is 0 Å². The summed E-state index contributed by atoms with van der Waals surface area (Å²) in [5, 5.41) is 8.79. The Morgan fingerprint density at radius 2 is 1.94 bits per heavy atom. The molecular formula is C9H9F5N2O. The average Bonchev–Trinajstić information content (AvgIpc) is 2.25. The molecule has 0 aromatic carbocycles. The monoisotopic (exact) mass is 256 g/mol. The SMILES string of the molecule is NCc1nc(C(F)F)cc(CO)c1C(F)(F)F. The zero-order valence-electron chi connectivity index (χ0n) is 8.43. The van der Waals surface area contributed by atoms with E-state index in [2.05, 4.69) is 4.98 Å². The van der Waals surface area contributed by atoms with Crippen molar-refractivity contribution in [2.75, 3.05) is 0 Å². The maximum Gasteiger partial charge on any atom is 0.418 e. The Bertz CT molecular complexity index is 380. The first-order chi connectivity index (χ1) is 7.81. The van der Waals surface area contributed by atoms with Crippen LogP contribution in [0.2, 0.25) is 0 Å². The van der Waals surface area contributed by atoms with Gasteiger partial charge in [-0.15, -0.1) is 0 Å². The van der Waals surface area contributed by atoms with Gasteiger partial charge in [-0.2, -0.15) is 13.2 Å². The van der Waals surface area contributed by atoms with Gasteiger partial charge in [-0.3, -0.25) is 0 Å². The number of nitrogens with two attached hydrogens (primary N) is 1. The van der Waals surface area contributed by atoms with Crippen LogP contribution in [0, 0.1) is 0 Å². The molecule has 1 rings (SSSR count). The van der Waals surface area contributed by atoms with Crippen molar-refractivity contribution >= 4 is 0 Å². The predicted octanol–water partition coefficient (Wildman–Crippen LogP) is 1.99. The van der Waals surface area contributed by atoms with Crippen molar-refractivity contribution < 1.29 is 27.1 Å². The van der Waals surface area contributed by atoms with E-state index in [1.807, 2.05) is 0 Å². The van der Waals surface area contributed by atoms with Crippen molar-refractivity contribution in [1.82, 2.24) is 4.98 Å². The molecule has 0 aliphatic heterocycles. The van der Waals surface area contributed by atoms with E-state index in [4.69, 9.17) is 10.8 Å². The molecule has 3 N–H and O–H groups in total. The molecule has 0 saturated carbocycles. The second-order valence-electron chi connectivity index (χ2n) is 3.19. The zero-order valence-corrected chi connectivity index (χ0v) is 8.43. The molecule has 96 valence electrons. The number of aliphatic hydroxyl groups excluding tert-OH is 1. The first kappa shape index (κ1) is 13.8. The Balaban J connectivity index is 3.47. The number of aromatic nitrogens is 1. The summed E-state index contributed by atoms with van der Waals surface area (Å²) in [5.41, 5.74) is 1.63. The molecule has 0 aliphatic rings. The highest BCUT2D eigenvalue weighted by Gasteiger charge is 2.37. The van der Waals surface area contributed by atoms with E-state index in [1.165, 1.54) is 0 Å². The zero-order chi connectivity index (χ0) is 13.2.